The molecule has 2 heterocycles. The standard InChI is InChI=1S/C29H24N4O8/c1-4-39-29(35)17(2)40-26-18(9-7-12-22(26)33(36)37)16-30-32-27(31-21-11-6-5-10-19(21)28(32)34)25-15-20-23(38-3)13-8-14-24(20)41-25/h5-17H,4H2,1-3H3/t17-/m0/s1. The molecule has 0 unspecified atom stereocenters. The van der Waals surface area contributed by atoms with Crippen LogP contribution in [0.25, 0.3) is 33.5 Å². The van der Waals surface area contributed by atoms with Gasteiger partial charge in [0.25, 0.3) is 5.56 Å². The van der Waals surface area contributed by atoms with Gasteiger partial charge in [-0.3, -0.25) is 14.9 Å². The Labute approximate surface area is 232 Å². The van der Waals surface area contributed by atoms with Gasteiger partial charge in [-0.25, -0.2) is 9.78 Å². The fraction of sp³-hybridized carbons (Fsp3) is 0.172. The molecule has 1 atom stereocenters. The summed E-state index contributed by atoms with van der Waals surface area (Å²) in [5.41, 5.74) is 0.196. The molecule has 0 saturated heterocycles. The van der Waals surface area contributed by atoms with Gasteiger partial charge in [-0.15, -0.1) is 0 Å². The van der Waals surface area contributed by atoms with E-state index in [0.29, 0.717) is 27.6 Å². The third-order valence-corrected chi connectivity index (χ3v) is 6.16. The van der Waals surface area contributed by atoms with Crippen LogP contribution in [0.15, 0.2) is 81.0 Å². The van der Waals surface area contributed by atoms with E-state index in [1.54, 1.807) is 55.5 Å². The highest BCUT2D eigenvalue weighted by molar-refractivity contribution is 5.89. The van der Waals surface area contributed by atoms with Gasteiger partial charge in [0.05, 0.1) is 41.1 Å². The zero-order valence-electron chi connectivity index (χ0n) is 22.3. The van der Waals surface area contributed by atoms with E-state index in [0.717, 1.165) is 4.68 Å². The van der Waals surface area contributed by atoms with Gasteiger partial charge in [-0.1, -0.05) is 24.3 Å². The van der Waals surface area contributed by atoms with Crippen molar-refractivity contribution in [1.29, 1.82) is 0 Å². The number of rotatable bonds is 9. The Morgan fingerprint density at radius 2 is 1.93 bits per heavy atom. The topological polar surface area (TPSA) is 148 Å². The van der Waals surface area contributed by atoms with E-state index in [1.807, 2.05) is 0 Å². The molecule has 0 saturated carbocycles. The number of hydrogen-bond donors (Lipinski definition) is 0. The second-order valence-corrected chi connectivity index (χ2v) is 8.76. The first kappa shape index (κ1) is 27.1. The number of nitro benzene ring substituents is 1. The van der Waals surface area contributed by atoms with Gasteiger partial charge in [-0.2, -0.15) is 9.78 Å². The Morgan fingerprint density at radius 3 is 2.68 bits per heavy atom. The number of aromatic nitrogens is 2. The van der Waals surface area contributed by atoms with Gasteiger partial charge in [0.15, 0.2) is 11.9 Å². The first-order valence-corrected chi connectivity index (χ1v) is 12.6. The fourth-order valence-corrected chi connectivity index (χ4v) is 4.23. The van der Waals surface area contributed by atoms with Crippen LogP contribution in [0.2, 0.25) is 0 Å². The van der Waals surface area contributed by atoms with E-state index in [2.05, 4.69) is 10.1 Å². The minimum Gasteiger partial charge on any atom is -0.496 e. The lowest BCUT2D eigenvalue weighted by Crippen LogP contribution is -2.27. The summed E-state index contributed by atoms with van der Waals surface area (Å²) in [6, 6.07) is 18.0. The maximum atomic E-state index is 13.6. The van der Waals surface area contributed by atoms with Gasteiger partial charge in [0, 0.05) is 11.6 Å². The van der Waals surface area contributed by atoms with Gasteiger partial charge >= 0.3 is 11.7 Å². The van der Waals surface area contributed by atoms with E-state index in [-0.39, 0.29) is 29.5 Å². The number of esters is 1. The number of methoxy groups -OCH3 is 1. The van der Waals surface area contributed by atoms with Crippen LogP contribution >= 0.6 is 0 Å². The second kappa shape index (κ2) is 11.3. The fourth-order valence-electron chi connectivity index (χ4n) is 4.23. The maximum absolute atomic E-state index is 13.6. The molecule has 0 aliphatic carbocycles. The predicted octanol–water partition coefficient (Wildman–Crippen LogP) is 4.94. The molecule has 41 heavy (non-hydrogen) atoms. The minimum atomic E-state index is -1.14. The smallest absolute Gasteiger partial charge is 0.347 e. The third kappa shape index (κ3) is 5.22. The third-order valence-electron chi connectivity index (χ3n) is 6.16. The number of para-hydroxylation sites is 2. The molecule has 208 valence electrons. The molecule has 0 aliphatic rings. The van der Waals surface area contributed by atoms with Crippen LogP contribution in [0.1, 0.15) is 19.4 Å². The van der Waals surface area contributed by atoms with E-state index >= 15 is 0 Å². The van der Waals surface area contributed by atoms with Crippen molar-refractivity contribution in [1.82, 2.24) is 9.66 Å². The molecule has 0 aliphatic heterocycles. The van der Waals surface area contributed by atoms with Crippen LogP contribution in [0.3, 0.4) is 0 Å². The van der Waals surface area contributed by atoms with Gasteiger partial charge < -0.3 is 18.6 Å². The first-order valence-electron chi connectivity index (χ1n) is 12.6. The monoisotopic (exact) mass is 556 g/mol. The zero-order chi connectivity index (χ0) is 29.1. The number of nitrogens with zero attached hydrogens (tertiary/aromatic N) is 4. The van der Waals surface area contributed by atoms with Crippen molar-refractivity contribution in [2.45, 2.75) is 20.0 Å². The van der Waals surface area contributed by atoms with Gasteiger partial charge in [0.2, 0.25) is 11.6 Å². The van der Waals surface area contributed by atoms with Crippen molar-refractivity contribution in [3.8, 4) is 23.1 Å². The predicted molar refractivity (Wildman–Crippen MR) is 151 cm³/mol. The normalized spacial score (nSPS) is 12.1. The summed E-state index contributed by atoms with van der Waals surface area (Å²) in [4.78, 5) is 41.6. The first-order chi connectivity index (χ1) is 19.8. The number of fused-ring (bicyclic) bond motifs is 2. The van der Waals surface area contributed by atoms with E-state index in [1.165, 1.54) is 38.4 Å². The SMILES string of the molecule is CCOC(=O)[C@H](C)Oc1c(C=Nn2c(-c3cc4c(OC)cccc4o3)nc3ccccc3c2=O)cccc1[N+](=O)[O-]. The summed E-state index contributed by atoms with van der Waals surface area (Å²) in [6.45, 7) is 3.17. The highest BCUT2D eigenvalue weighted by Crippen LogP contribution is 2.34. The molecule has 12 heteroatoms. The van der Waals surface area contributed by atoms with Crippen molar-refractivity contribution in [2.24, 2.45) is 5.10 Å². The number of furan rings is 1. The number of hydrogen-bond acceptors (Lipinski definition) is 10. The summed E-state index contributed by atoms with van der Waals surface area (Å²) in [5, 5.41) is 17.1. The Balaban J connectivity index is 1.67. The molecular weight excluding hydrogens is 532 g/mol. The van der Waals surface area contributed by atoms with Crippen LogP contribution < -0.4 is 15.0 Å². The van der Waals surface area contributed by atoms with Crippen LogP contribution in [-0.4, -0.2) is 46.6 Å². The summed E-state index contributed by atoms with van der Waals surface area (Å²) in [5.74, 6) is 0.0152. The molecule has 0 amide bonds. The largest absolute Gasteiger partial charge is 0.496 e. The lowest BCUT2D eigenvalue weighted by atomic mass is 10.2. The Hall–Kier alpha value is -5.52. The molecule has 5 rings (SSSR count). The zero-order valence-corrected chi connectivity index (χ0v) is 22.3. The molecule has 0 radical (unpaired) electrons. The minimum absolute atomic E-state index is 0.0935. The van der Waals surface area contributed by atoms with Crippen molar-refractivity contribution < 1.29 is 28.3 Å². The molecular formula is C29H24N4O8. The molecule has 0 spiro atoms. The second-order valence-electron chi connectivity index (χ2n) is 8.76. The lowest BCUT2D eigenvalue weighted by molar-refractivity contribution is -0.386. The summed E-state index contributed by atoms with van der Waals surface area (Å²) in [7, 11) is 1.54. The average Bonchev–Trinajstić information content (AvgIpc) is 3.41. The summed E-state index contributed by atoms with van der Waals surface area (Å²) in [6.07, 6.45) is 0.0829. The van der Waals surface area contributed by atoms with Crippen LogP contribution in [-0.2, 0) is 9.53 Å². The van der Waals surface area contributed by atoms with Crippen LogP contribution in [0.5, 0.6) is 11.5 Å². The number of ether oxygens (including phenoxy) is 3. The molecule has 12 nitrogen and oxygen atoms in total. The molecule has 0 bridgehead atoms. The maximum Gasteiger partial charge on any atom is 0.347 e. The van der Waals surface area contributed by atoms with E-state index in [4.69, 9.17) is 18.6 Å². The number of benzene rings is 3. The van der Waals surface area contributed by atoms with E-state index in [9.17, 15) is 19.7 Å². The van der Waals surface area contributed by atoms with Crippen LogP contribution in [0.4, 0.5) is 5.69 Å². The van der Waals surface area contributed by atoms with Crippen molar-refractivity contribution in [3.05, 3.63) is 92.8 Å². The Bertz CT molecular complexity index is 1870. The Kier molecular flexibility index (Phi) is 7.46. The highest BCUT2D eigenvalue weighted by atomic mass is 16.6. The lowest BCUT2D eigenvalue weighted by Gasteiger charge is -2.15. The number of nitro groups is 1. The molecule has 0 N–H and O–H groups in total. The Morgan fingerprint density at radius 1 is 1.15 bits per heavy atom. The quantitative estimate of drug-likeness (QED) is 0.106. The van der Waals surface area contributed by atoms with E-state index < -0.39 is 28.2 Å². The summed E-state index contributed by atoms with van der Waals surface area (Å²) >= 11 is 0. The average molecular weight is 557 g/mol. The van der Waals surface area contributed by atoms with Crippen molar-refractivity contribution in [3.63, 3.8) is 0 Å². The molecule has 2 aromatic heterocycles. The number of carbonyl (C=O) groups is 1. The van der Waals surface area contributed by atoms with Crippen molar-refractivity contribution in [2.75, 3.05) is 13.7 Å². The van der Waals surface area contributed by atoms with Gasteiger partial charge in [-0.05, 0) is 50.2 Å². The van der Waals surface area contributed by atoms with Gasteiger partial charge in [0.1, 0.15) is 11.3 Å². The van der Waals surface area contributed by atoms with Crippen LogP contribution in [0, 0.1) is 10.1 Å². The molecule has 5 aromatic rings. The van der Waals surface area contributed by atoms with Crippen molar-refractivity contribution >= 4 is 39.7 Å². The molecule has 3 aromatic carbocycles. The summed E-state index contributed by atoms with van der Waals surface area (Å²) < 4.78 is 23.2. The highest BCUT2D eigenvalue weighted by Gasteiger charge is 2.25. The molecule has 0 fully saturated rings. The number of carbonyl (C=O) groups excluding carboxylic acids is 1.